The average molecular weight is 793 g/mol. The van der Waals surface area contributed by atoms with Crippen LogP contribution in [0.5, 0.6) is 0 Å². The van der Waals surface area contributed by atoms with Crippen molar-refractivity contribution in [2.24, 2.45) is 5.92 Å². The van der Waals surface area contributed by atoms with E-state index in [0.29, 0.717) is 30.3 Å². The van der Waals surface area contributed by atoms with Gasteiger partial charge in [-0.3, -0.25) is 14.9 Å². The summed E-state index contributed by atoms with van der Waals surface area (Å²) < 4.78 is 12.2. The van der Waals surface area contributed by atoms with Crippen LogP contribution in [0.2, 0.25) is 0 Å². The van der Waals surface area contributed by atoms with E-state index in [1.54, 1.807) is 47.1 Å². The molecule has 2 aliphatic heterocycles. The maximum Gasteiger partial charge on any atom is 0.407 e. The molecule has 5 aromatic rings. The van der Waals surface area contributed by atoms with Crippen molar-refractivity contribution in [3.8, 4) is 23.7 Å². The number of aromatic nitrogens is 4. The number of methoxy groups -OCH3 is 2. The molecule has 15 heteroatoms. The lowest BCUT2D eigenvalue weighted by Gasteiger charge is -2.29. The van der Waals surface area contributed by atoms with E-state index >= 15 is 0 Å². The van der Waals surface area contributed by atoms with Crippen molar-refractivity contribution in [1.82, 2.24) is 40.4 Å². The second kappa shape index (κ2) is 17.6. The zero-order valence-corrected chi connectivity index (χ0v) is 33.3. The fourth-order valence-electron chi connectivity index (χ4n) is 7.19. The third-order valence-corrected chi connectivity index (χ3v) is 12.1. The minimum Gasteiger partial charge on any atom is -0.453 e. The molecule has 2 fully saturated rings. The maximum absolute atomic E-state index is 13.8. The summed E-state index contributed by atoms with van der Waals surface area (Å²) in [6.45, 7) is 5.29. The minimum absolute atomic E-state index is 0.00630. The Morgan fingerprint density at radius 3 is 1.91 bits per heavy atom. The molecule has 2 saturated heterocycles. The summed E-state index contributed by atoms with van der Waals surface area (Å²) in [6, 6.07) is 12.3. The Morgan fingerprint density at radius 1 is 0.839 bits per heavy atom. The van der Waals surface area contributed by atoms with E-state index in [9.17, 15) is 14.4 Å². The summed E-state index contributed by atoms with van der Waals surface area (Å²) in [6.07, 6.45) is 6.13. The normalized spacial score (nSPS) is 17.7. The number of nitrogens with zero attached hydrogens (tertiary/aromatic N) is 4. The smallest absolute Gasteiger partial charge is 0.407 e. The highest BCUT2D eigenvalue weighted by Gasteiger charge is 2.38. The molecule has 0 aliphatic carbocycles. The number of imidazole rings is 2. The van der Waals surface area contributed by atoms with E-state index in [1.807, 2.05) is 49.1 Å². The number of carbonyl (C=O) groups excluding carboxylic acids is 3. The van der Waals surface area contributed by atoms with Crippen LogP contribution < -0.4 is 10.6 Å². The van der Waals surface area contributed by atoms with Gasteiger partial charge in [-0.1, -0.05) is 44.2 Å². The van der Waals surface area contributed by atoms with Crippen LogP contribution in [0.25, 0.3) is 9.40 Å². The molecular formula is C41H44N8O5S2. The standard InChI is InChI=1S/C41H44N8O5S2/c1-25(2)35(47-41(52)54-4)39(50)48-18-8-12-31(48)37-42-22-27(45-37)14-16-29-20-33-34(55-29)21-30(56-33)17-15-28-23-43-38(46-28)32-13-9-19-49(32)40(51)36(44-24-53-3)26-10-6-5-7-11-26/h5-7,10-11,20-23,25,31-32,35-36,44H,8-9,12-13,18-19,24H2,1-4H3,(H,42,45)(H,43,46)(H,47,52). The maximum atomic E-state index is 13.8. The van der Waals surface area contributed by atoms with Crippen LogP contribution in [-0.2, 0) is 19.1 Å². The van der Waals surface area contributed by atoms with Gasteiger partial charge in [0.25, 0.3) is 0 Å². The van der Waals surface area contributed by atoms with Crippen LogP contribution in [0.3, 0.4) is 0 Å². The molecule has 0 radical (unpaired) electrons. The molecule has 4 atom stereocenters. The third-order valence-electron chi connectivity index (χ3n) is 9.94. The summed E-state index contributed by atoms with van der Waals surface area (Å²) in [7, 11) is 2.89. The topological polar surface area (TPSA) is 158 Å². The molecule has 4 unspecified atom stereocenters. The number of carbonyl (C=O) groups is 3. The SMILES string of the molecule is COCNC(C(=O)N1CCCC1c1ncc(C#Cc2cc3sc(C#Cc4cnc(C5CCCN5C(=O)C(NC(=O)OC)C(C)C)[nH]4)cc3s2)[nH]1)c1ccccc1. The van der Waals surface area contributed by atoms with E-state index in [1.165, 1.54) is 7.11 Å². The number of aromatic amines is 2. The number of ether oxygens (including phenoxy) is 2. The van der Waals surface area contributed by atoms with Gasteiger partial charge >= 0.3 is 6.09 Å². The first-order chi connectivity index (χ1) is 27.2. The number of amides is 3. The molecule has 4 N–H and O–H groups in total. The Labute approximate surface area is 333 Å². The van der Waals surface area contributed by atoms with Crippen LogP contribution >= 0.6 is 22.7 Å². The number of thiophene rings is 2. The molecule has 56 heavy (non-hydrogen) atoms. The van der Waals surface area contributed by atoms with Gasteiger partial charge in [0.15, 0.2) is 0 Å². The monoisotopic (exact) mass is 792 g/mol. The number of alkyl carbamates (subject to hydrolysis) is 1. The minimum atomic E-state index is -0.690. The largest absolute Gasteiger partial charge is 0.453 e. The highest BCUT2D eigenvalue weighted by atomic mass is 32.1. The Kier molecular flexibility index (Phi) is 12.2. The predicted molar refractivity (Wildman–Crippen MR) is 215 cm³/mol. The number of hydrogen-bond donors (Lipinski definition) is 4. The zero-order valence-electron chi connectivity index (χ0n) is 31.7. The molecule has 4 aromatic heterocycles. The quantitative estimate of drug-likeness (QED) is 0.101. The summed E-state index contributed by atoms with van der Waals surface area (Å²) in [5.74, 6) is 14.1. The van der Waals surface area contributed by atoms with Gasteiger partial charge in [0.2, 0.25) is 11.8 Å². The lowest BCUT2D eigenvalue weighted by Crippen LogP contribution is -2.51. The highest BCUT2D eigenvalue weighted by molar-refractivity contribution is 7.28. The number of fused-ring (bicyclic) bond motifs is 1. The molecule has 7 rings (SSSR count). The number of nitrogens with one attached hydrogen (secondary N) is 4. The predicted octanol–water partition coefficient (Wildman–Crippen LogP) is 5.85. The second-order valence-corrected chi connectivity index (χ2v) is 16.2. The van der Waals surface area contributed by atoms with Crippen molar-refractivity contribution in [3.63, 3.8) is 0 Å². The van der Waals surface area contributed by atoms with Crippen LogP contribution in [0, 0.1) is 29.6 Å². The van der Waals surface area contributed by atoms with Gasteiger partial charge in [-0.15, -0.1) is 22.7 Å². The fourth-order valence-corrected chi connectivity index (χ4v) is 9.29. The number of H-pyrrole nitrogens is 2. The third kappa shape index (κ3) is 8.67. The lowest BCUT2D eigenvalue weighted by molar-refractivity contribution is -0.136. The Balaban J connectivity index is 0.986. The van der Waals surface area contributed by atoms with E-state index in [0.717, 1.165) is 56.2 Å². The summed E-state index contributed by atoms with van der Waals surface area (Å²) in [5.41, 5.74) is 2.25. The number of hydrogen-bond acceptors (Lipinski definition) is 10. The molecule has 290 valence electrons. The molecule has 0 bridgehead atoms. The van der Waals surface area contributed by atoms with Gasteiger partial charge in [-0.25, -0.2) is 14.8 Å². The molecule has 3 amide bonds. The van der Waals surface area contributed by atoms with Crippen LogP contribution in [0.1, 0.15) is 96.0 Å². The Bertz CT molecular complexity index is 2270. The molecule has 13 nitrogen and oxygen atoms in total. The van der Waals surface area contributed by atoms with Gasteiger partial charge < -0.3 is 34.6 Å². The first-order valence-electron chi connectivity index (χ1n) is 18.6. The number of benzene rings is 1. The van der Waals surface area contributed by atoms with Crippen molar-refractivity contribution in [2.45, 2.75) is 63.7 Å². The average Bonchev–Trinajstić information content (AvgIpc) is 4.05. The van der Waals surface area contributed by atoms with Gasteiger partial charge in [0.1, 0.15) is 35.1 Å². The Morgan fingerprint density at radius 2 is 1.39 bits per heavy atom. The zero-order chi connectivity index (χ0) is 39.2. The molecule has 1 aromatic carbocycles. The van der Waals surface area contributed by atoms with Crippen molar-refractivity contribution in [2.75, 3.05) is 34.0 Å². The summed E-state index contributed by atoms with van der Waals surface area (Å²) in [4.78, 5) is 60.6. The number of likely N-dealkylation sites (tertiary alicyclic amines) is 2. The van der Waals surface area contributed by atoms with E-state index < -0.39 is 18.2 Å². The van der Waals surface area contributed by atoms with Crippen molar-refractivity contribution >= 4 is 50.0 Å². The van der Waals surface area contributed by atoms with Crippen LogP contribution in [0.15, 0.2) is 54.9 Å². The van der Waals surface area contributed by atoms with Gasteiger partial charge in [0.05, 0.1) is 48.1 Å². The second-order valence-electron chi connectivity index (χ2n) is 14.0. The van der Waals surface area contributed by atoms with Crippen molar-refractivity contribution in [1.29, 1.82) is 0 Å². The van der Waals surface area contributed by atoms with E-state index in [-0.39, 0.29) is 36.5 Å². The molecule has 0 spiro atoms. The highest BCUT2D eigenvalue weighted by Crippen LogP contribution is 2.35. The number of rotatable bonds is 10. The van der Waals surface area contributed by atoms with Gasteiger partial charge in [0, 0.05) is 29.6 Å². The van der Waals surface area contributed by atoms with E-state index in [4.69, 9.17) is 9.47 Å². The van der Waals surface area contributed by atoms with Crippen LogP contribution in [-0.4, -0.2) is 87.7 Å². The first-order valence-corrected chi connectivity index (χ1v) is 20.3. The van der Waals surface area contributed by atoms with Crippen LogP contribution in [0.4, 0.5) is 4.79 Å². The molecule has 6 heterocycles. The first kappa shape index (κ1) is 38.8. The van der Waals surface area contributed by atoms with E-state index in [2.05, 4.69) is 66.4 Å². The lowest BCUT2D eigenvalue weighted by atomic mass is 10.0. The Hall–Kier alpha value is -5.45. The fraction of sp³-hybridized carbons (Fsp3) is 0.390. The summed E-state index contributed by atoms with van der Waals surface area (Å²) in [5, 5.41) is 5.91. The van der Waals surface area contributed by atoms with Gasteiger partial charge in [-0.2, -0.15) is 0 Å². The van der Waals surface area contributed by atoms with Crippen molar-refractivity contribution < 1.29 is 23.9 Å². The molecular weight excluding hydrogens is 749 g/mol. The summed E-state index contributed by atoms with van der Waals surface area (Å²) >= 11 is 3.21. The molecule has 0 saturated carbocycles. The van der Waals surface area contributed by atoms with Crippen molar-refractivity contribution in [3.05, 3.63) is 93.2 Å². The van der Waals surface area contributed by atoms with Gasteiger partial charge in [-0.05, 0) is 73.0 Å². The molecule has 2 aliphatic rings.